The van der Waals surface area contributed by atoms with Gasteiger partial charge in [0.25, 0.3) is 0 Å². The summed E-state index contributed by atoms with van der Waals surface area (Å²) in [6.07, 6.45) is 0. The monoisotopic (exact) mass is 332 g/mol. The van der Waals surface area contributed by atoms with Gasteiger partial charge in [0.2, 0.25) is 0 Å². The zero-order chi connectivity index (χ0) is 17.9. The van der Waals surface area contributed by atoms with Crippen LogP contribution in [0.1, 0.15) is 26.3 Å². The Hall–Kier alpha value is -2.88. The highest BCUT2D eigenvalue weighted by molar-refractivity contribution is 5.65. The molecular weight excluding hydrogens is 308 g/mol. The summed E-state index contributed by atoms with van der Waals surface area (Å²) in [5.41, 5.74) is 3.15. The van der Waals surface area contributed by atoms with Gasteiger partial charge in [-0.3, -0.25) is 0 Å². The van der Waals surface area contributed by atoms with Crippen molar-refractivity contribution in [2.75, 3.05) is 10.6 Å². The van der Waals surface area contributed by atoms with E-state index in [2.05, 4.69) is 72.6 Å². The van der Waals surface area contributed by atoms with Gasteiger partial charge < -0.3 is 10.6 Å². The van der Waals surface area contributed by atoms with E-state index in [4.69, 9.17) is 0 Å². The molecule has 0 amide bonds. The molecule has 4 nitrogen and oxygen atoms in total. The minimum absolute atomic E-state index is 0.0799. The zero-order valence-electron chi connectivity index (χ0n) is 15.2. The van der Waals surface area contributed by atoms with Crippen molar-refractivity contribution in [2.45, 2.75) is 33.2 Å². The van der Waals surface area contributed by atoms with Gasteiger partial charge in [-0.1, -0.05) is 48.0 Å². The molecular formula is C21H24N4. The molecule has 0 saturated heterocycles. The van der Waals surface area contributed by atoms with Crippen LogP contribution in [0.15, 0.2) is 60.7 Å². The quantitative estimate of drug-likeness (QED) is 0.671. The highest BCUT2D eigenvalue weighted by Gasteiger charge is 2.13. The van der Waals surface area contributed by atoms with Crippen LogP contribution in [-0.4, -0.2) is 15.5 Å². The first-order valence-corrected chi connectivity index (χ1v) is 8.45. The number of nitrogens with one attached hydrogen (secondary N) is 2. The van der Waals surface area contributed by atoms with E-state index in [0.29, 0.717) is 5.82 Å². The molecule has 0 atom stereocenters. The number of hydrogen-bond donors (Lipinski definition) is 2. The summed E-state index contributed by atoms with van der Waals surface area (Å²) in [5, 5.41) is 6.81. The van der Waals surface area contributed by atoms with Crippen LogP contribution in [0.2, 0.25) is 0 Å². The number of rotatable bonds is 4. The maximum atomic E-state index is 4.69. The molecule has 0 aliphatic heterocycles. The van der Waals surface area contributed by atoms with Crippen LogP contribution in [0.4, 0.5) is 17.3 Å². The third-order valence-corrected chi connectivity index (χ3v) is 3.59. The number of nitrogens with zero attached hydrogens (tertiary/aromatic N) is 2. The molecule has 3 aromatic rings. The van der Waals surface area contributed by atoms with Crippen molar-refractivity contribution in [1.82, 2.24) is 9.97 Å². The van der Waals surface area contributed by atoms with E-state index in [1.165, 1.54) is 5.56 Å². The van der Waals surface area contributed by atoms with E-state index in [1.54, 1.807) is 0 Å². The first-order chi connectivity index (χ1) is 11.9. The van der Waals surface area contributed by atoms with Crippen molar-refractivity contribution in [3.05, 3.63) is 66.2 Å². The lowest BCUT2D eigenvalue weighted by Crippen LogP contribution is -2.26. The van der Waals surface area contributed by atoms with Gasteiger partial charge in [-0.15, -0.1) is 0 Å². The molecule has 0 aliphatic rings. The number of hydrogen-bond acceptors (Lipinski definition) is 4. The van der Waals surface area contributed by atoms with Gasteiger partial charge in [-0.2, -0.15) is 0 Å². The Morgan fingerprint density at radius 1 is 0.800 bits per heavy atom. The SMILES string of the molecule is Cc1ccc(Nc2cc(NC(C)(C)C)nc(-c3ccccc3)n2)cc1. The second-order valence-electron chi connectivity index (χ2n) is 7.19. The Morgan fingerprint density at radius 3 is 2.08 bits per heavy atom. The molecule has 25 heavy (non-hydrogen) atoms. The molecule has 1 heterocycles. The second kappa shape index (κ2) is 6.93. The standard InChI is InChI=1S/C21H24N4/c1-15-10-12-17(13-11-15)22-18-14-19(25-21(2,3)4)24-20(23-18)16-8-6-5-7-9-16/h5-14H,1-4H3,(H2,22,23,24,25). The van der Waals surface area contributed by atoms with Crippen molar-refractivity contribution in [2.24, 2.45) is 0 Å². The molecule has 0 aliphatic carbocycles. The molecule has 0 spiro atoms. The van der Waals surface area contributed by atoms with Crippen LogP contribution in [0.5, 0.6) is 0 Å². The van der Waals surface area contributed by atoms with Crippen LogP contribution in [0.25, 0.3) is 11.4 Å². The fourth-order valence-corrected chi connectivity index (χ4v) is 2.46. The van der Waals surface area contributed by atoms with E-state index >= 15 is 0 Å². The maximum Gasteiger partial charge on any atom is 0.163 e. The van der Waals surface area contributed by atoms with Crippen molar-refractivity contribution >= 4 is 17.3 Å². The first kappa shape index (κ1) is 17.0. The van der Waals surface area contributed by atoms with Gasteiger partial charge >= 0.3 is 0 Å². The zero-order valence-corrected chi connectivity index (χ0v) is 15.2. The fraction of sp³-hybridized carbons (Fsp3) is 0.238. The van der Waals surface area contributed by atoms with Crippen LogP contribution in [0, 0.1) is 6.92 Å². The minimum Gasteiger partial charge on any atom is -0.365 e. The fourth-order valence-electron chi connectivity index (χ4n) is 2.46. The highest BCUT2D eigenvalue weighted by Crippen LogP contribution is 2.24. The van der Waals surface area contributed by atoms with Gasteiger partial charge in [0.1, 0.15) is 11.6 Å². The van der Waals surface area contributed by atoms with Gasteiger partial charge in [0.05, 0.1) is 0 Å². The summed E-state index contributed by atoms with van der Waals surface area (Å²) in [5.74, 6) is 2.27. The molecule has 0 bridgehead atoms. The number of anilines is 3. The van der Waals surface area contributed by atoms with Crippen molar-refractivity contribution in [1.29, 1.82) is 0 Å². The summed E-state index contributed by atoms with van der Waals surface area (Å²) in [7, 11) is 0. The number of aromatic nitrogens is 2. The molecule has 0 saturated carbocycles. The summed E-state index contributed by atoms with van der Waals surface area (Å²) in [4.78, 5) is 9.37. The van der Waals surface area contributed by atoms with Crippen LogP contribution >= 0.6 is 0 Å². The summed E-state index contributed by atoms with van der Waals surface area (Å²) in [6.45, 7) is 8.42. The molecule has 128 valence electrons. The van der Waals surface area contributed by atoms with Crippen molar-refractivity contribution < 1.29 is 0 Å². The third-order valence-electron chi connectivity index (χ3n) is 3.59. The molecule has 0 radical (unpaired) electrons. The Bertz CT molecular complexity index is 834. The predicted octanol–water partition coefficient (Wildman–Crippen LogP) is 5.41. The number of benzene rings is 2. The minimum atomic E-state index is -0.0799. The van der Waals surface area contributed by atoms with Gasteiger partial charge in [-0.25, -0.2) is 9.97 Å². The van der Waals surface area contributed by atoms with E-state index < -0.39 is 0 Å². The summed E-state index contributed by atoms with van der Waals surface area (Å²) >= 11 is 0. The lowest BCUT2D eigenvalue weighted by molar-refractivity contribution is 0.630. The highest BCUT2D eigenvalue weighted by atomic mass is 15.1. The summed E-state index contributed by atoms with van der Waals surface area (Å²) < 4.78 is 0. The molecule has 2 N–H and O–H groups in total. The largest absolute Gasteiger partial charge is 0.365 e. The molecule has 4 heteroatoms. The molecule has 2 aromatic carbocycles. The van der Waals surface area contributed by atoms with Crippen LogP contribution in [-0.2, 0) is 0 Å². The normalized spacial score (nSPS) is 11.2. The lowest BCUT2D eigenvalue weighted by Gasteiger charge is -2.22. The molecule has 1 aromatic heterocycles. The predicted molar refractivity (Wildman–Crippen MR) is 105 cm³/mol. The number of aryl methyl sites for hydroxylation is 1. The Kier molecular flexibility index (Phi) is 4.70. The van der Waals surface area contributed by atoms with Gasteiger partial charge in [0, 0.05) is 22.9 Å². The second-order valence-corrected chi connectivity index (χ2v) is 7.19. The lowest BCUT2D eigenvalue weighted by atomic mass is 10.1. The van der Waals surface area contributed by atoms with E-state index in [0.717, 1.165) is 22.9 Å². The first-order valence-electron chi connectivity index (χ1n) is 8.45. The van der Waals surface area contributed by atoms with E-state index in [1.807, 2.05) is 36.4 Å². The van der Waals surface area contributed by atoms with E-state index in [-0.39, 0.29) is 5.54 Å². The Labute approximate surface area is 149 Å². The smallest absolute Gasteiger partial charge is 0.163 e. The average Bonchev–Trinajstić information content (AvgIpc) is 2.56. The maximum absolute atomic E-state index is 4.69. The molecule has 0 unspecified atom stereocenters. The molecule has 3 rings (SSSR count). The summed E-state index contributed by atoms with van der Waals surface area (Å²) in [6, 6.07) is 20.2. The van der Waals surface area contributed by atoms with Crippen molar-refractivity contribution in [3.8, 4) is 11.4 Å². The average molecular weight is 332 g/mol. The Balaban J connectivity index is 1.98. The Morgan fingerprint density at radius 2 is 1.44 bits per heavy atom. The van der Waals surface area contributed by atoms with Crippen molar-refractivity contribution in [3.63, 3.8) is 0 Å². The molecule has 0 fully saturated rings. The van der Waals surface area contributed by atoms with Gasteiger partial charge in [-0.05, 0) is 39.8 Å². The van der Waals surface area contributed by atoms with E-state index in [9.17, 15) is 0 Å². The topological polar surface area (TPSA) is 49.8 Å². The third kappa shape index (κ3) is 4.80. The van der Waals surface area contributed by atoms with Crippen LogP contribution in [0.3, 0.4) is 0 Å². The van der Waals surface area contributed by atoms with Gasteiger partial charge in [0.15, 0.2) is 5.82 Å². The van der Waals surface area contributed by atoms with Crippen LogP contribution < -0.4 is 10.6 Å².